The Kier molecular flexibility index (Phi) is 3.64. The smallest absolute Gasteiger partial charge is 0.227 e. The van der Waals surface area contributed by atoms with Crippen LogP contribution in [0.3, 0.4) is 0 Å². The van der Waals surface area contributed by atoms with Crippen LogP contribution >= 0.6 is 0 Å². The fourth-order valence-corrected chi connectivity index (χ4v) is 2.50. The highest BCUT2D eigenvalue weighted by atomic mass is 19.2. The van der Waals surface area contributed by atoms with E-state index in [9.17, 15) is 13.6 Å². The summed E-state index contributed by atoms with van der Waals surface area (Å²) in [6, 6.07) is 3.71. The fraction of sp³-hybridized carbons (Fsp3) is 0.500. The summed E-state index contributed by atoms with van der Waals surface area (Å²) in [4.78, 5) is 13.6. The van der Waals surface area contributed by atoms with Crippen LogP contribution in [0.25, 0.3) is 0 Å². The lowest BCUT2D eigenvalue weighted by atomic mass is 9.92. The molecule has 1 fully saturated rings. The number of anilines is 1. The predicted octanol–water partition coefficient (Wildman–Crippen LogP) is 3.51. The minimum Gasteiger partial charge on any atom is -0.309 e. The Morgan fingerprint density at radius 3 is 2.61 bits per heavy atom. The highest BCUT2D eigenvalue weighted by molar-refractivity contribution is 5.94. The van der Waals surface area contributed by atoms with E-state index in [1.165, 1.54) is 6.07 Å². The molecule has 0 aliphatic carbocycles. The van der Waals surface area contributed by atoms with Gasteiger partial charge in [-0.2, -0.15) is 0 Å². The van der Waals surface area contributed by atoms with E-state index in [2.05, 4.69) is 0 Å². The predicted molar refractivity (Wildman–Crippen MR) is 66.3 cm³/mol. The molecule has 1 saturated heterocycles. The van der Waals surface area contributed by atoms with E-state index in [1.54, 1.807) is 4.90 Å². The van der Waals surface area contributed by atoms with E-state index in [1.807, 2.05) is 13.8 Å². The fourth-order valence-electron chi connectivity index (χ4n) is 2.50. The Labute approximate surface area is 106 Å². The van der Waals surface area contributed by atoms with Crippen molar-refractivity contribution in [3.63, 3.8) is 0 Å². The number of carbonyl (C=O) groups excluding carboxylic acids is 1. The molecule has 18 heavy (non-hydrogen) atoms. The molecule has 0 N–H and O–H groups in total. The quantitative estimate of drug-likeness (QED) is 0.789. The SMILES string of the molecule is CC(C)C1CCCC(=O)N1c1ccc(F)c(F)c1. The van der Waals surface area contributed by atoms with Crippen molar-refractivity contribution in [2.45, 2.75) is 39.2 Å². The van der Waals surface area contributed by atoms with Crippen LogP contribution in [-0.2, 0) is 4.79 Å². The Morgan fingerprint density at radius 1 is 1.28 bits per heavy atom. The number of rotatable bonds is 2. The molecular formula is C14H17F2NO. The van der Waals surface area contributed by atoms with Gasteiger partial charge in [-0.05, 0) is 30.9 Å². The summed E-state index contributed by atoms with van der Waals surface area (Å²) in [7, 11) is 0. The van der Waals surface area contributed by atoms with Crippen molar-refractivity contribution in [1.29, 1.82) is 0 Å². The van der Waals surface area contributed by atoms with Crippen LogP contribution in [0.5, 0.6) is 0 Å². The van der Waals surface area contributed by atoms with E-state index >= 15 is 0 Å². The van der Waals surface area contributed by atoms with E-state index in [0.29, 0.717) is 18.0 Å². The molecular weight excluding hydrogens is 236 g/mol. The normalized spacial score (nSPS) is 20.6. The summed E-state index contributed by atoms with van der Waals surface area (Å²) in [5, 5.41) is 0. The molecule has 1 amide bonds. The number of nitrogens with zero attached hydrogens (tertiary/aromatic N) is 1. The number of benzene rings is 1. The molecule has 2 rings (SSSR count). The Balaban J connectivity index is 2.37. The van der Waals surface area contributed by atoms with Gasteiger partial charge in [-0.1, -0.05) is 13.8 Å². The maximum Gasteiger partial charge on any atom is 0.227 e. The molecule has 1 aliphatic rings. The highest BCUT2D eigenvalue weighted by Crippen LogP contribution is 2.30. The van der Waals surface area contributed by atoms with Crippen molar-refractivity contribution in [3.05, 3.63) is 29.8 Å². The number of halogens is 2. The van der Waals surface area contributed by atoms with E-state index in [-0.39, 0.29) is 11.9 Å². The van der Waals surface area contributed by atoms with E-state index in [0.717, 1.165) is 25.0 Å². The molecule has 0 radical (unpaired) electrons. The van der Waals surface area contributed by atoms with Crippen LogP contribution in [0.15, 0.2) is 18.2 Å². The number of hydrogen-bond donors (Lipinski definition) is 0. The van der Waals surface area contributed by atoms with Crippen molar-refractivity contribution in [1.82, 2.24) is 0 Å². The zero-order valence-electron chi connectivity index (χ0n) is 10.6. The summed E-state index contributed by atoms with van der Waals surface area (Å²) < 4.78 is 26.2. The minimum absolute atomic E-state index is 0.00837. The Morgan fingerprint density at radius 2 is 2.00 bits per heavy atom. The first-order valence-corrected chi connectivity index (χ1v) is 6.28. The van der Waals surface area contributed by atoms with Crippen molar-refractivity contribution in [2.75, 3.05) is 4.90 Å². The van der Waals surface area contributed by atoms with Crippen LogP contribution in [0.1, 0.15) is 33.1 Å². The average Bonchev–Trinajstić information content (AvgIpc) is 2.32. The number of amides is 1. The largest absolute Gasteiger partial charge is 0.309 e. The number of hydrogen-bond acceptors (Lipinski definition) is 1. The molecule has 1 aromatic carbocycles. The summed E-state index contributed by atoms with van der Waals surface area (Å²) in [6.07, 6.45) is 2.24. The van der Waals surface area contributed by atoms with Crippen LogP contribution in [0.4, 0.5) is 14.5 Å². The lowest BCUT2D eigenvalue weighted by Gasteiger charge is -2.38. The molecule has 1 unspecified atom stereocenters. The van der Waals surface area contributed by atoms with Gasteiger partial charge in [0.25, 0.3) is 0 Å². The van der Waals surface area contributed by atoms with E-state index in [4.69, 9.17) is 0 Å². The molecule has 0 aromatic heterocycles. The molecule has 0 spiro atoms. The number of carbonyl (C=O) groups is 1. The van der Waals surface area contributed by atoms with Gasteiger partial charge in [-0.3, -0.25) is 4.79 Å². The van der Waals surface area contributed by atoms with Crippen molar-refractivity contribution in [2.24, 2.45) is 5.92 Å². The van der Waals surface area contributed by atoms with Gasteiger partial charge in [0.1, 0.15) is 0 Å². The van der Waals surface area contributed by atoms with Gasteiger partial charge in [-0.25, -0.2) is 8.78 Å². The number of piperidine rings is 1. The lowest BCUT2D eigenvalue weighted by molar-refractivity contribution is -0.120. The standard InChI is InChI=1S/C14H17F2NO/c1-9(2)13-4-3-5-14(18)17(13)10-6-7-11(15)12(16)8-10/h6-9,13H,3-5H2,1-2H3. The van der Waals surface area contributed by atoms with Crippen LogP contribution < -0.4 is 4.90 Å². The first-order valence-electron chi connectivity index (χ1n) is 6.28. The maximum atomic E-state index is 13.3. The lowest BCUT2D eigenvalue weighted by Crippen LogP contribution is -2.46. The molecule has 2 nitrogen and oxygen atoms in total. The second kappa shape index (κ2) is 5.04. The first-order chi connectivity index (χ1) is 8.50. The summed E-state index contributed by atoms with van der Waals surface area (Å²) in [6.45, 7) is 4.08. The highest BCUT2D eigenvalue weighted by Gasteiger charge is 2.31. The molecule has 4 heteroatoms. The Hall–Kier alpha value is -1.45. The molecule has 1 heterocycles. The van der Waals surface area contributed by atoms with Crippen LogP contribution in [0, 0.1) is 17.6 Å². The third-order valence-electron chi connectivity index (χ3n) is 3.44. The Bertz CT molecular complexity index is 459. The van der Waals surface area contributed by atoms with Gasteiger partial charge in [-0.15, -0.1) is 0 Å². The van der Waals surface area contributed by atoms with Crippen molar-refractivity contribution >= 4 is 11.6 Å². The summed E-state index contributed by atoms with van der Waals surface area (Å²) in [5.74, 6) is -1.51. The minimum atomic E-state index is -0.909. The van der Waals surface area contributed by atoms with Crippen molar-refractivity contribution in [3.8, 4) is 0 Å². The molecule has 0 saturated carbocycles. The molecule has 98 valence electrons. The third-order valence-corrected chi connectivity index (χ3v) is 3.44. The average molecular weight is 253 g/mol. The molecule has 1 aromatic rings. The van der Waals surface area contributed by atoms with E-state index < -0.39 is 11.6 Å². The molecule has 0 bridgehead atoms. The summed E-state index contributed by atoms with van der Waals surface area (Å²) in [5.41, 5.74) is 0.456. The van der Waals surface area contributed by atoms with Gasteiger partial charge in [0, 0.05) is 24.2 Å². The van der Waals surface area contributed by atoms with Gasteiger partial charge in [0.05, 0.1) is 0 Å². The monoisotopic (exact) mass is 253 g/mol. The van der Waals surface area contributed by atoms with Gasteiger partial charge in [0.15, 0.2) is 11.6 Å². The van der Waals surface area contributed by atoms with Gasteiger partial charge in [0.2, 0.25) is 5.91 Å². The first kappa shape index (κ1) is 13.0. The van der Waals surface area contributed by atoms with Crippen molar-refractivity contribution < 1.29 is 13.6 Å². The topological polar surface area (TPSA) is 20.3 Å². The third kappa shape index (κ3) is 2.37. The second-order valence-corrected chi connectivity index (χ2v) is 5.07. The van der Waals surface area contributed by atoms with Gasteiger partial charge >= 0.3 is 0 Å². The van der Waals surface area contributed by atoms with Crippen LogP contribution in [-0.4, -0.2) is 11.9 Å². The zero-order valence-corrected chi connectivity index (χ0v) is 10.6. The van der Waals surface area contributed by atoms with Crippen LogP contribution in [0.2, 0.25) is 0 Å². The second-order valence-electron chi connectivity index (χ2n) is 5.07. The molecule has 1 atom stereocenters. The maximum absolute atomic E-state index is 13.3. The van der Waals surface area contributed by atoms with Gasteiger partial charge < -0.3 is 4.90 Å². The zero-order chi connectivity index (χ0) is 13.3. The summed E-state index contributed by atoms with van der Waals surface area (Å²) >= 11 is 0. The molecule has 1 aliphatic heterocycles.